The molecular formula is C27H32N8O2. The number of carbonyl (C=O) groups excluding carboxylic acids is 1. The van der Waals surface area contributed by atoms with Gasteiger partial charge in [-0.2, -0.15) is 10.4 Å². The molecule has 2 aromatic carbocycles. The number of anilines is 1. The molecule has 192 valence electrons. The first-order chi connectivity index (χ1) is 17.9. The SMILES string of the molecule is CC(C)NC(=O)Nc1ccc(-c2c(C#N)c3ccc(OCCC/C(N=N)=N/N)cc3n2C2CCC2)cc1. The molecule has 0 unspecified atom stereocenters. The van der Waals surface area contributed by atoms with Crippen molar-refractivity contribution in [3.05, 3.63) is 48.0 Å². The quantitative estimate of drug-likeness (QED) is 0.0721. The number of amides is 2. The Morgan fingerprint density at radius 2 is 2.03 bits per heavy atom. The number of nitrogens with zero attached hydrogens (tertiary/aromatic N) is 4. The zero-order valence-electron chi connectivity index (χ0n) is 21.1. The van der Waals surface area contributed by atoms with Gasteiger partial charge in [0, 0.05) is 35.6 Å². The highest BCUT2D eigenvalue weighted by Gasteiger charge is 2.28. The summed E-state index contributed by atoms with van der Waals surface area (Å²) in [4.78, 5) is 12.1. The van der Waals surface area contributed by atoms with Crippen molar-refractivity contribution in [3.63, 3.8) is 0 Å². The molecule has 0 spiro atoms. The number of carbonyl (C=O) groups is 1. The predicted molar refractivity (Wildman–Crippen MR) is 144 cm³/mol. The lowest BCUT2D eigenvalue weighted by Crippen LogP contribution is -2.34. The summed E-state index contributed by atoms with van der Waals surface area (Å²) >= 11 is 0. The highest BCUT2D eigenvalue weighted by Crippen LogP contribution is 2.43. The number of nitriles is 1. The van der Waals surface area contributed by atoms with E-state index in [-0.39, 0.29) is 17.9 Å². The van der Waals surface area contributed by atoms with Gasteiger partial charge in [-0.3, -0.25) is 0 Å². The van der Waals surface area contributed by atoms with E-state index in [0.29, 0.717) is 42.5 Å². The van der Waals surface area contributed by atoms with Crippen molar-refractivity contribution in [2.45, 2.75) is 58.0 Å². The molecule has 2 amide bonds. The van der Waals surface area contributed by atoms with Gasteiger partial charge < -0.3 is 25.8 Å². The largest absolute Gasteiger partial charge is 0.494 e. The average Bonchev–Trinajstić information content (AvgIpc) is 3.16. The second-order valence-electron chi connectivity index (χ2n) is 9.41. The molecule has 5 N–H and O–H groups in total. The van der Waals surface area contributed by atoms with Crippen LogP contribution in [-0.4, -0.2) is 29.1 Å². The van der Waals surface area contributed by atoms with E-state index in [1.54, 1.807) is 0 Å². The van der Waals surface area contributed by atoms with Crippen LogP contribution in [0, 0.1) is 16.9 Å². The smallest absolute Gasteiger partial charge is 0.319 e. The minimum atomic E-state index is -0.253. The molecule has 1 heterocycles. The molecule has 1 aromatic heterocycles. The minimum absolute atomic E-state index is 0.0422. The van der Waals surface area contributed by atoms with Crippen LogP contribution in [0.1, 0.15) is 57.6 Å². The molecule has 0 radical (unpaired) electrons. The van der Waals surface area contributed by atoms with Gasteiger partial charge in [-0.05, 0) is 69.4 Å². The van der Waals surface area contributed by atoms with Crippen LogP contribution in [0.25, 0.3) is 22.2 Å². The maximum atomic E-state index is 12.1. The van der Waals surface area contributed by atoms with Gasteiger partial charge in [-0.1, -0.05) is 12.1 Å². The number of hydrazone groups is 1. The fraction of sp³-hybridized carbons (Fsp3) is 0.370. The third-order valence-electron chi connectivity index (χ3n) is 6.45. The van der Waals surface area contributed by atoms with Crippen molar-refractivity contribution in [3.8, 4) is 23.1 Å². The van der Waals surface area contributed by atoms with E-state index >= 15 is 0 Å². The summed E-state index contributed by atoms with van der Waals surface area (Å²) in [6, 6.07) is 16.0. The maximum Gasteiger partial charge on any atom is 0.319 e. The molecule has 3 aromatic rings. The van der Waals surface area contributed by atoms with Gasteiger partial charge >= 0.3 is 6.03 Å². The summed E-state index contributed by atoms with van der Waals surface area (Å²) in [6.45, 7) is 4.25. The molecular weight excluding hydrogens is 468 g/mol. The number of hydrogen-bond donors (Lipinski definition) is 4. The molecule has 0 atom stereocenters. The van der Waals surface area contributed by atoms with Gasteiger partial charge in [0.2, 0.25) is 0 Å². The summed E-state index contributed by atoms with van der Waals surface area (Å²) in [7, 11) is 0. The number of hydrogen-bond acceptors (Lipinski definition) is 6. The Hall–Kier alpha value is -4.39. The number of benzene rings is 2. The first-order valence-corrected chi connectivity index (χ1v) is 12.5. The Morgan fingerprint density at radius 3 is 2.62 bits per heavy atom. The van der Waals surface area contributed by atoms with Crippen molar-refractivity contribution in [2.24, 2.45) is 16.1 Å². The molecule has 1 fully saturated rings. The number of rotatable bonds is 9. The van der Waals surface area contributed by atoms with Crippen molar-refractivity contribution >= 4 is 28.5 Å². The lowest BCUT2D eigenvalue weighted by Gasteiger charge is -2.30. The predicted octanol–water partition coefficient (Wildman–Crippen LogP) is 5.90. The van der Waals surface area contributed by atoms with Crippen LogP contribution < -0.4 is 21.2 Å². The van der Waals surface area contributed by atoms with E-state index in [2.05, 4.69) is 31.5 Å². The first-order valence-electron chi connectivity index (χ1n) is 12.5. The molecule has 4 rings (SSSR count). The molecule has 1 saturated carbocycles. The summed E-state index contributed by atoms with van der Waals surface area (Å²) in [5.74, 6) is 6.20. The number of nitrogens with one attached hydrogen (secondary N) is 3. The number of fused-ring (bicyclic) bond motifs is 1. The molecule has 37 heavy (non-hydrogen) atoms. The first kappa shape index (κ1) is 25.7. The van der Waals surface area contributed by atoms with E-state index < -0.39 is 0 Å². The van der Waals surface area contributed by atoms with Crippen molar-refractivity contribution in [1.29, 1.82) is 10.8 Å². The summed E-state index contributed by atoms with van der Waals surface area (Å²) in [5.41, 5.74) is 11.1. The van der Waals surface area contributed by atoms with Crippen LogP contribution in [0.3, 0.4) is 0 Å². The van der Waals surface area contributed by atoms with Gasteiger partial charge in [0.15, 0.2) is 5.84 Å². The third kappa shape index (κ3) is 5.72. The molecule has 10 heteroatoms. The van der Waals surface area contributed by atoms with E-state index in [4.69, 9.17) is 16.1 Å². The van der Waals surface area contributed by atoms with Gasteiger partial charge in [-0.15, -0.1) is 5.11 Å². The fourth-order valence-electron chi connectivity index (χ4n) is 4.51. The number of nitrogens with two attached hydrogens (primary N) is 1. The highest BCUT2D eigenvalue weighted by molar-refractivity contribution is 5.96. The second kappa shape index (κ2) is 11.6. The monoisotopic (exact) mass is 500 g/mol. The van der Waals surface area contributed by atoms with Crippen molar-refractivity contribution < 1.29 is 9.53 Å². The Labute approximate surface area is 216 Å². The maximum absolute atomic E-state index is 12.1. The summed E-state index contributed by atoms with van der Waals surface area (Å²) in [5, 5.41) is 23.5. The number of aromatic nitrogens is 1. The Balaban J connectivity index is 1.64. The van der Waals surface area contributed by atoms with Crippen molar-refractivity contribution in [2.75, 3.05) is 11.9 Å². The number of urea groups is 1. The molecule has 10 nitrogen and oxygen atoms in total. The van der Waals surface area contributed by atoms with Gasteiger partial charge in [-0.25, -0.2) is 10.3 Å². The van der Waals surface area contributed by atoms with Crippen LogP contribution in [0.5, 0.6) is 5.75 Å². The van der Waals surface area contributed by atoms with Crippen LogP contribution in [0.4, 0.5) is 10.5 Å². The number of ether oxygens (including phenoxy) is 1. The highest BCUT2D eigenvalue weighted by atomic mass is 16.5. The van der Waals surface area contributed by atoms with Crippen LogP contribution in [-0.2, 0) is 0 Å². The number of amidine groups is 1. The average molecular weight is 501 g/mol. The van der Waals surface area contributed by atoms with Crippen LogP contribution in [0.2, 0.25) is 0 Å². The van der Waals surface area contributed by atoms with Crippen LogP contribution in [0.15, 0.2) is 52.7 Å². The Morgan fingerprint density at radius 1 is 1.27 bits per heavy atom. The van der Waals surface area contributed by atoms with E-state index in [1.165, 1.54) is 0 Å². The van der Waals surface area contributed by atoms with Crippen molar-refractivity contribution in [1.82, 2.24) is 9.88 Å². The van der Waals surface area contributed by atoms with Gasteiger partial charge in [0.1, 0.15) is 11.8 Å². The zero-order chi connectivity index (χ0) is 26.4. The molecule has 0 saturated heterocycles. The normalized spacial score (nSPS) is 13.7. The third-order valence-corrected chi connectivity index (χ3v) is 6.45. The molecule has 1 aliphatic carbocycles. The topological polar surface area (TPSA) is 154 Å². The molecule has 0 bridgehead atoms. The second-order valence-corrected chi connectivity index (χ2v) is 9.41. The summed E-state index contributed by atoms with van der Waals surface area (Å²) < 4.78 is 8.24. The van der Waals surface area contributed by atoms with E-state index in [9.17, 15) is 10.1 Å². The Bertz CT molecular complexity index is 1350. The van der Waals surface area contributed by atoms with Gasteiger partial charge in [0.25, 0.3) is 0 Å². The van der Waals surface area contributed by atoms with Gasteiger partial charge in [0.05, 0.1) is 23.4 Å². The summed E-state index contributed by atoms with van der Waals surface area (Å²) in [6.07, 6.45) is 4.36. The Kier molecular flexibility index (Phi) is 8.03. The lowest BCUT2D eigenvalue weighted by atomic mass is 9.92. The fourth-order valence-corrected chi connectivity index (χ4v) is 4.51. The molecule has 0 aliphatic heterocycles. The van der Waals surface area contributed by atoms with E-state index in [1.807, 2.05) is 56.3 Å². The van der Waals surface area contributed by atoms with Crippen LogP contribution >= 0.6 is 0 Å². The zero-order valence-corrected chi connectivity index (χ0v) is 21.1. The lowest BCUT2D eigenvalue weighted by molar-refractivity contribution is 0.250. The molecule has 1 aliphatic rings. The van der Waals surface area contributed by atoms with E-state index in [0.717, 1.165) is 41.4 Å². The standard InChI is InChI=1S/C27H32N8O2/c1-17(2)31-27(36)32-19-10-8-18(9-11-19)26-23(16-28)22-13-12-21(37-14-4-7-25(33-29)34-30)15-24(22)35(26)20-5-3-6-20/h8-13,15,17,20,29H,3-7,14,30H2,1-2H3,(H2,31,32,36)/b33-29?,34-25-. The minimum Gasteiger partial charge on any atom is -0.494 e.